The van der Waals surface area contributed by atoms with Crippen LogP contribution in [-0.4, -0.2) is 167 Å². The third-order valence-corrected chi connectivity index (χ3v) is 15.3. The average Bonchev–Trinajstić information content (AvgIpc) is 2.12. The molecule has 3 fully saturated rings. The summed E-state index contributed by atoms with van der Waals surface area (Å²) in [6, 6.07) is 28.8. The second kappa shape index (κ2) is 32.7. The van der Waals surface area contributed by atoms with Gasteiger partial charge in [0.2, 0.25) is 17.7 Å². The molecule has 0 radical (unpaired) electrons. The van der Waals surface area contributed by atoms with Gasteiger partial charge in [0.05, 0.1) is 27.8 Å². The Morgan fingerprint density at radius 3 is 1.20 bits per heavy atom. The Bertz CT molecular complexity index is 2740. The number of likely N-dealkylation sites (tertiary alicyclic amines) is 1. The predicted octanol–water partition coefficient (Wildman–Crippen LogP) is 8.15. The monoisotopic (exact) mass is 1250 g/mol. The normalized spacial score (nSPS) is 21.9. The lowest BCUT2D eigenvalue weighted by Crippen LogP contribution is -2.59. The fourth-order valence-electron chi connectivity index (χ4n) is 10.7. The van der Waals surface area contributed by atoms with Crippen molar-refractivity contribution in [2.75, 3.05) is 71.1 Å². The maximum absolute atomic E-state index is 13.3. The molecule has 19 nitrogen and oxygen atoms in total. The second-order valence-corrected chi connectivity index (χ2v) is 25.2. The Hall–Kier alpha value is -5.96. The summed E-state index contributed by atoms with van der Waals surface area (Å²) in [6.07, 6.45) is 5.16. The van der Waals surface area contributed by atoms with Crippen molar-refractivity contribution in [3.8, 4) is 0 Å². The number of benzene rings is 3. The second-order valence-electron chi connectivity index (χ2n) is 23.6. The van der Waals surface area contributed by atoms with Gasteiger partial charge in [-0.05, 0) is 48.8 Å². The van der Waals surface area contributed by atoms with Crippen LogP contribution in [0.5, 0.6) is 0 Å². The van der Waals surface area contributed by atoms with E-state index in [0.717, 1.165) is 61.5 Å². The molecule has 3 aromatic rings. The molecule has 0 bridgehead atoms. The Kier molecular flexibility index (Phi) is 27.5. The van der Waals surface area contributed by atoms with Gasteiger partial charge in [0.25, 0.3) is 17.7 Å². The molecule has 0 aliphatic carbocycles. The van der Waals surface area contributed by atoms with Crippen LogP contribution in [-0.2, 0) is 52.8 Å². The number of halogens is 4. The summed E-state index contributed by atoms with van der Waals surface area (Å²) < 4.78 is 0. The molecule has 0 aromatic heterocycles. The van der Waals surface area contributed by atoms with Crippen LogP contribution < -0.4 is 21.3 Å². The van der Waals surface area contributed by atoms with E-state index < -0.39 is 45.1 Å². The lowest BCUT2D eigenvalue weighted by atomic mass is 9.73. The third-order valence-electron chi connectivity index (χ3n) is 15.3. The number of hydrazone groups is 3. The van der Waals surface area contributed by atoms with Gasteiger partial charge in [0.1, 0.15) is 28.3 Å². The number of carbonyl (C=O) groups is 7. The van der Waals surface area contributed by atoms with Crippen LogP contribution >= 0.6 is 46.4 Å². The molecule has 6 heterocycles. The molecule has 9 rings (SSSR count). The van der Waals surface area contributed by atoms with Gasteiger partial charge < -0.3 is 31.3 Å². The van der Waals surface area contributed by atoms with Crippen molar-refractivity contribution in [1.82, 2.24) is 41.2 Å². The molecule has 0 spiro atoms. The number of hydrogen-bond acceptors (Lipinski definition) is 12. The highest BCUT2D eigenvalue weighted by atomic mass is 35.5. The number of nitrogens with zero attached hydrogens (tertiary/aromatic N) is 7. The van der Waals surface area contributed by atoms with Crippen LogP contribution in [0.15, 0.2) is 106 Å². The number of amides is 6. The van der Waals surface area contributed by atoms with Crippen molar-refractivity contribution in [2.45, 2.75) is 119 Å². The van der Waals surface area contributed by atoms with Gasteiger partial charge in [-0.25, -0.2) is 19.8 Å². The van der Waals surface area contributed by atoms with E-state index in [1.807, 2.05) is 94.4 Å². The lowest BCUT2D eigenvalue weighted by Gasteiger charge is -2.40. The number of carboxylic acids is 1. The SMILES string of the molecule is CCC(NC(=O)C(C)(C)C)C(=O)N1CCC2=NN(C)C(=O)C2(Cc2ccccc2)C1.CCC(NC(=O)C(C)(C)C)C(=O)O.CN1N=C2CCNCC2(Cc2ccccc2)C1=O.CN1N=C2CCNCC2(Cc2ccccc2)C1=O.ClCCl.ClCCl. The van der Waals surface area contributed by atoms with E-state index in [2.05, 4.69) is 60.8 Å². The number of hydrogen-bond donors (Lipinski definition) is 5. The summed E-state index contributed by atoms with van der Waals surface area (Å²) >= 11 is 19.1. The zero-order valence-corrected chi connectivity index (χ0v) is 54.1. The number of nitrogens with one attached hydrogen (secondary N) is 4. The van der Waals surface area contributed by atoms with Crippen LogP contribution in [0.2, 0.25) is 0 Å². The number of carboxylic acid groups (broad SMARTS) is 1. The van der Waals surface area contributed by atoms with Crippen molar-refractivity contribution in [3.63, 3.8) is 0 Å². The van der Waals surface area contributed by atoms with Gasteiger partial charge in [-0.2, -0.15) is 15.3 Å². The molecular weight excluding hydrogens is 1170 g/mol. The zero-order chi connectivity index (χ0) is 63.3. The maximum atomic E-state index is 13.3. The van der Waals surface area contributed by atoms with Crippen molar-refractivity contribution in [3.05, 3.63) is 108 Å². The Labute approximate surface area is 522 Å². The molecular formula is C62H87Cl4N11O8. The number of fused-ring (bicyclic) bond motifs is 3. The summed E-state index contributed by atoms with van der Waals surface area (Å²) in [4.78, 5) is 87.5. The molecule has 5 unspecified atom stereocenters. The first-order valence-corrected chi connectivity index (χ1v) is 30.8. The number of aliphatic carboxylic acids is 1. The van der Waals surface area contributed by atoms with Gasteiger partial charge in [-0.3, -0.25) is 28.8 Å². The number of piperidine rings is 3. The van der Waals surface area contributed by atoms with Crippen molar-refractivity contribution < 1.29 is 38.7 Å². The van der Waals surface area contributed by atoms with Gasteiger partial charge in [-0.15, -0.1) is 46.4 Å². The van der Waals surface area contributed by atoms with Crippen molar-refractivity contribution in [1.29, 1.82) is 0 Å². The summed E-state index contributed by atoms with van der Waals surface area (Å²) in [5, 5.41) is 38.9. The van der Waals surface area contributed by atoms with E-state index in [1.54, 1.807) is 53.7 Å². The minimum Gasteiger partial charge on any atom is -0.480 e. The molecule has 6 amide bonds. The van der Waals surface area contributed by atoms with E-state index in [-0.39, 0.29) is 52.7 Å². The quantitative estimate of drug-likeness (QED) is 0.109. The standard InChI is InChI=1S/C23H32N4O3.2C14H17N3O.C9H17NO3.2CH2Cl2/c1-6-17(24-20(29)22(2,3)4)19(28)27-13-12-18-23(15-27,21(30)26(5)25-18)14-16-10-8-7-9-11-16;2*1-17-13(18)14(9-11-5-3-2-4-6-11)10-15-8-7-12(14)16-17;1-5-6(7(11)12)10-8(13)9(2,3)4;2*2-1-3/h7-11,17H,6,12-15H2,1-5H3,(H,24,29);2*2-6,15H,7-10H2,1H3;6H,5H2,1-4H3,(H,10,13)(H,11,12);2*1H2. The van der Waals surface area contributed by atoms with Crippen LogP contribution in [0.25, 0.3) is 0 Å². The molecule has 23 heteroatoms. The molecule has 3 aromatic carbocycles. The van der Waals surface area contributed by atoms with Crippen molar-refractivity contribution in [2.24, 2.45) is 42.4 Å². The number of rotatable bonds is 12. The topological polar surface area (TPSA) is 238 Å². The fraction of sp³-hybridized carbons (Fsp3) is 0.548. The van der Waals surface area contributed by atoms with Crippen LogP contribution in [0.4, 0.5) is 0 Å². The fourth-order valence-corrected chi connectivity index (χ4v) is 10.7. The van der Waals surface area contributed by atoms with Gasteiger partial charge in [0.15, 0.2) is 0 Å². The molecule has 5 atom stereocenters. The largest absolute Gasteiger partial charge is 0.480 e. The van der Waals surface area contributed by atoms with E-state index in [9.17, 15) is 33.6 Å². The van der Waals surface area contributed by atoms with Gasteiger partial charge in [0, 0.05) is 90.5 Å². The first-order valence-electron chi connectivity index (χ1n) is 28.6. The molecule has 6 aliphatic heterocycles. The summed E-state index contributed by atoms with van der Waals surface area (Å²) in [5.74, 6) is -1.35. The number of alkyl halides is 4. The zero-order valence-electron chi connectivity index (χ0n) is 51.1. The Morgan fingerprint density at radius 1 is 0.553 bits per heavy atom. The third kappa shape index (κ3) is 18.8. The minimum absolute atomic E-state index is 0.0781. The van der Waals surface area contributed by atoms with E-state index in [1.165, 1.54) is 26.2 Å². The highest BCUT2D eigenvalue weighted by Gasteiger charge is 2.55. The molecule has 3 saturated heterocycles. The van der Waals surface area contributed by atoms with Crippen molar-refractivity contribution >= 4 is 105 Å². The molecule has 0 saturated carbocycles. The van der Waals surface area contributed by atoms with Crippen LogP contribution in [0.3, 0.4) is 0 Å². The average molecular weight is 1260 g/mol. The lowest BCUT2D eigenvalue weighted by molar-refractivity contribution is -0.143. The molecule has 6 aliphatic rings. The van der Waals surface area contributed by atoms with Crippen LogP contribution in [0, 0.1) is 27.1 Å². The van der Waals surface area contributed by atoms with E-state index in [0.29, 0.717) is 45.3 Å². The van der Waals surface area contributed by atoms with E-state index >= 15 is 0 Å². The minimum atomic E-state index is -0.986. The van der Waals surface area contributed by atoms with E-state index in [4.69, 9.17) is 51.5 Å². The molecule has 466 valence electrons. The Morgan fingerprint density at radius 2 is 0.871 bits per heavy atom. The summed E-state index contributed by atoms with van der Waals surface area (Å²) in [7, 11) is 5.17. The first kappa shape index (κ1) is 71.5. The Balaban J connectivity index is 0.000000245. The highest BCUT2D eigenvalue weighted by molar-refractivity contribution is 6.41. The summed E-state index contributed by atoms with van der Waals surface area (Å²) in [5.41, 5.74) is 3.49. The predicted molar refractivity (Wildman–Crippen MR) is 339 cm³/mol. The molecule has 5 N–H and O–H groups in total. The van der Waals surface area contributed by atoms with Gasteiger partial charge >= 0.3 is 5.97 Å². The highest BCUT2D eigenvalue weighted by Crippen LogP contribution is 2.39. The smallest absolute Gasteiger partial charge is 0.326 e. The van der Waals surface area contributed by atoms with Gasteiger partial charge in [-0.1, -0.05) is 146 Å². The summed E-state index contributed by atoms with van der Waals surface area (Å²) in [6.45, 7) is 18.3. The van der Waals surface area contributed by atoms with Crippen LogP contribution in [0.1, 0.15) is 104 Å². The maximum Gasteiger partial charge on any atom is 0.326 e. The molecule has 85 heavy (non-hydrogen) atoms. The first-order chi connectivity index (χ1) is 40.1. The number of carbonyl (C=O) groups excluding carboxylic acids is 6.